The number of rotatable bonds is 65. The monoisotopic (exact) mass is 1130 g/mol. The summed E-state index contributed by atoms with van der Waals surface area (Å²) in [5.41, 5.74) is 0. The lowest BCUT2D eigenvalue weighted by Gasteiger charge is -2.18. The third kappa shape index (κ3) is 67.5. The molecule has 1 atom stereocenters. The van der Waals surface area contributed by atoms with E-state index in [1.54, 1.807) is 0 Å². The molecule has 0 aliphatic heterocycles. The van der Waals surface area contributed by atoms with Crippen LogP contribution < -0.4 is 0 Å². The zero-order chi connectivity index (χ0) is 58.5. The van der Waals surface area contributed by atoms with Crippen molar-refractivity contribution in [2.75, 3.05) is 13.2 Å². The van der Waals surface area contributed by atoms with E-state index in [-0.39, 0.29) is 31.1 Å². The summed E-state index contributed by atoms with van der Waals surface area (Å²) < 4.78 is 16.9. The molecule has 0 bridgehead atoms. The quantitative estimate of drug-likeness (QED) is 0.0261. The average molecular weight is 1130 g/mol. The predicted octanol–water partition coefficient (Wildman–Crippen LogP) is 24.4. The zero-order valence-corrected chi connectivity index (χ0v) is 54.1. The fourth-order valence-corrected chi connectivity index (χ4v) is 10.5. The summed E-state index contributed by atoms with van der Waals surface area (Å²) in [4.78, 5) is 38.2. The summed E-state index contributed by atoms with van der Waals surface area (Å²) in [7, 11) is 0. The largest absolute Gasteiger partial charge is 0.462 e. The van der Waals surface area contributed by atoms with Crippen molar-refractivity contribution in [1.82, 2.24) is 0 Å². The van der Waals surface area contributed by atoms with Crippen molar-refractivity contribution < 1.29 is 28.6 Å². The molecule has 0 aromatic carbocycles. The van der Waals surface area contributed by atoms with Gasteiger partial charge in [-0.15, -0.1) is 0 Å². The molecule has 0 heterocycles. The van der Waals surface area contributed by atoms with Gasteiger partial charge in [0.25, 0.3) is 0 Å². The van der Waals surface area contributed by atoms with Gasteiger partial charge in [0.15, 0.2) is 6.10 Å². The van der Waals surface area contributed by atoms with Gasteiger partial charge in [0, 0.05) is 19.3 Å². The van der Waals surface area contributed by atoms with Gasteiger partial charge in [0.1, 0.15) is 13.2 Å². The number of hydrogen-bond acceptors (Lipinski definition) is 6. The molecule has 0 amide bonds. The van der Waals surface area contributed by atoms with Crippen LogP contribution in [0.2, 0.25) is 0 Å². The molecule has 6 nitrogen and oxygen atoms in total. The second-order valence-corrected chi connectivity index (χ2v) is 23.8. The maximum atomic E-state index is 12.9. The molecule has 0 saturated carbocycles. The molecule has 470 valence electrons. The van der Waals surface area contributed by atoms with E-state index in [1.807, 2.05) is 0 Å². The number of carbonyl (C=O) groups is 3. The lowest BCUT2D eigenvalue weighted by atomic mass is 10.0. The summed E-state index contributed by atoms with van der Waals surface area (Å²) in [5.74, 6) is -0.858. The van der Waals surface area contributed by atoms with E-state index >= 15 is 0 Å². The molecule has 0 aromatic heterocycles. The Kier molecular flexibility index (Phi) is 66.6. The number of hydrogen-bond donors (Lipinski definition) is 0. The molecular weight excluding hydrogens is 997 g/mol. The second-order valence-electron chi connectivity index (χ2n) is 23.8. The number of carbonyl (C=O) groups excluding carboxylic acids is 3. The van der Waals surface area contributed by atoms with Crippen molar-refractivity contribution in [3.63, 3.8) is 0 Å². The first-order chi connectivity index (χ1) is 40.0. The average Bonchev–Trinajstić information content (AvgIpc) is 3.46. The maximum absolute atomic E-state index is 12.9. The third-order valence-electron chi connectivity index (χ3n) is 15.7. The van der Waals surface area contributed by atoms with E-state index in [0.717, 1.165) is 96.3 Å². The van der Waals surface area contributed by atoms with Gasteiger partial charge in [-0.25, -0.2) is 0 Å². The summed E-state index contributed by atoms with van der Waals surface area (Å²) in [6, 6.07) is 0. The Morgan fingerprint density at radius 1 is 0.259 bits per heavy atom. The van der Waals surface area contributed by atoms with Gasteiger partial charge in [-0.05, 0) is 70.6 Å². The van der Waals surface area contributed by atoms with Crippen LogP contribution >= 0.6 is 0 Å². The molecule has 0 aliphatic rings. The van der Waals surface area contributed by atoms with Gasteiger partial charge in [-0.3, -0.25) is 14.4 Å². The standard InChI is InChI=1S/C75H134O6/c1-4-7-10-13-16-18-20-22-24-26-28-30-32-34-35-36-37-38-39-41-42-44-46-48-50-52-54-56-59-62-65-68-74(77)80-71-72(70-79-73(76)67-64-61-58-15-12-9-6-3)81-75(78)69-66-63-60-57-55-53-51-49-47-45-43-40-33-31-29-27-25-23-21-19-17-14-11-8-5-2/h7,10,16,18,22,24,28,30,34-35,37-38,72H,4-6,8-9,11-15,17,19-21,23,25-27,29,31-33,36,39-71H2,1-3H3/b10-7-,18-16-,24-22-,30-28-,35-34-,38-37-. The number of ether oxygens (including phenoxy) is 3. The van der Waals surface area contributed by atoms with Crippen LogP contribution in [0.15, 0.2) is 72.9 Å². The van der Waals surface area contributed by atoms with E-state index in [9.17, 15) is 14.4 Å². The molecular formula is C75H134O6. The van der Waals surface area contributed by atoms with E-state index < -0.39 is 6.10 Å². The summed E-state index contributed by atoms with van der Waals surface area (Å²) in [6.07, 6.45) is 91.1. The van der Waals surface area contributed by atoms with Crippen LogP contribution in [0.25, 0.3) is 0 Å². The van der Waals surface area contributed by atoms with Crippen LogP contribution in [0, 0.1) is 0 Å². The van der Waals surface area contributed by atoms with Crippen LogP contribution in [0.3, 0.4) is 0 Å². The SMILES string of the molecule is CC/C=C\C/C=C\C/C=C\C/C=C\C/C=C\C/C=C\CCCCCCCCCCCCCCC(=O)OCC(COC(=O)CCCCCCCCC)OC(=O)CCCCCCCCCCCCCCCCCCCCCCCCCCC. The smallest absolute Gasteiger partial charge is 0.306 e. The van der Waals surface area contributed by atoms with Gasteiger partial charge in [-0.1, -0.05) is 351 Å². The van der Waals surface area contributed by atoms with Gasteiger partial charge >= 0.3 is 17.9 Å². The summed E-state index contributed by atoms with van der Waals surface area (Å²) in [6.45, 7) is 6.54. The Balaban J connectivity index is 4.05. The zero-order valence-electron chi connectivity index (χ0n) is 54.1. The fraction of sp³-hybridized carbons (Fsp3) is 0.800. The summed E-state index contributed by atoms with van der Waals surface area (Å²) in [5, 5.41) is 0. The van der Waals surface area contributed by atoms with E-state index in [2.05, 4.69) is 93.7 Å². The highest BCUT2D eigenvalue weighted by atomic mass is 16.6. The second kappa shape index (κ2) is 69.3. The number of allylic oxidation sites excluding steroid dienone is 12. The van der Waals surface area contributed by atoms with Crippen molar-refractivity contribution in [2.45, 2.75) is 374 Å². The van der Waals surface area contributed by atoms with Crippen molar-refractivity contribution >= 4 is 17.9 Å². The Labute approximate surface area is 503 Å². The minimum absolute atomic E-state index is 0.0705. The first kappa shape index (κ1) is 77.9. The Morgan fingerprint density at radius 2 is 0.481 bits per heavy atom. The molecule has 0 N–H and O–H groups in total. The van der Waals surface area contributed by atoms with Gasteiger partial charge in [0.05, 0.1) is 0 Å². The van der Waals surface area contributed by atoms with E-state index in [4.69, 9.17) is 14.2 Å². The first-order valence-electron chi connectivity index (χ1n) is 35.4. The predicted molar refractivity (Wildman–Crippen MR) is 353 cm³/mol. The summed E-state index contributed by atoms with van der Waals surface area (Å²) >= 11 is 0. The van der Waals surface area contributed by atoms with E-state index in [1.165, 1.54) is 231 Å². The topological polar surface area (TPSA) is 78.9 Å². The van der Waals surface area contributed by atoms with Crippen molar-refractivity contribution in [1.29, 1.82) is 0 Å². The highest BCUT2D eigenvalue weighted by Crippen LogP contribution is 2.18. The van der Waals surface area contributed by atoms with Crippen molar-refractivity contribution in [3.8, 4) is 0 Å². The molecule has 6 heteroatoms. The van der Waals surface area contributed by atoms with Gasteiger partial charge < -0.3 is 14.2 Å². The molecule has 0 rings (SSSR count). The first-order valence-corrected chi connectivity index (χ1v) is 35.4. The molecule has 81 heavy (non-hydrogen) atoms. The highest BCUT2D eigenvalue weighted by Gasteiger charge is 2.19. The van der Waals surface area contributed by atoms with Crippen LogP contribution in [-0.2, 0) is 28.6 Å². The van der Waals surface area contributed by atoms with Crippen LogP contribution in [0.4, 0.5) is 0 Å². The number of esters is 3. The van der Waals surface area contributed by atoms with Crippen molar-refractivity contribution in [2.24, 2.45) is 0 Å². The molecule has 0 spiro atoms. The lowest BCUT2D eigenvalue weighted by molar-refractivity contribution is -0.167. The molecule has 0 aromatic rings. The van der Waals surface area contributed by atoms with E-state index in [0.29, 0.717) is 19.3 Å². The highest BCUT2D eigenvalue weighted by molar-refractivity contribution is 5.71. The molecule has 0 fully saturated rings. The van der Waals surface area contributed by atoms with Crippen LogP contribution in [0.5, 0.6) is 0 Å². The third-order valence-corrected chi connectivity index (χ3v) is 15.7. The minimum atomic E-state index is -0.771. The fourth-order valence-electron chi connectivity index (χ4n) is 10.5. The van der Waals surface area contributed by atoms with Crippen LogP contribution in [-0.4, -0.2) is 37.2 Å². The molecule has 0 saturated heterocycles. The van der Waals surface area contributed by atoms with Gasteiger partial charge in [-0.2, -0.15) is 0 Å². The number of unbranched alkanes of at least 4 members (excludes halogenated alkanes) is 42. The van der Waals surface area contributed by atoms with Gasteiger partial charge in [0.2, 0.25) is 0 Å². The Hall–Kier alpha value is -3.15. The normalized spacial score (nSPS) is 12.5. The minimum Gasteiger partial charge on any atom is -0.462 e. The Bertz CT molecular complexity index is 1490. The van der Waals surface area contributed by atoms with Crippen LogP contribution in [0.1, 0.15) is 367 Å². The molecule has 1 unspecified atom stereocenters. The molecule has 0 radical (unpaired) electrons. The molecule has 0 aliphatic carbocycles. The lowest BCUT2D eigenvalue weighted by Crippen LogP contribution is -2.30. The maximum Gasteiger partial charge on any atom is 0.306 e. The van der Waals surface area contributed by atoms with Crippen molar-refractivity contribution in [3.05, 3.63) is 72.9 Å². The Morgan fingerprint density at radius 3 is 0.753 bits per heavy atom.